The highest BCUT2D eigenvalue weighted by atomic mass is 35.5. The van der Waals surface area contributed by atoms with Gasteiger partial charge < -0.3 is 14.4 Å². The van der Waals surface area contributed by atoms with Crippen molar-refractivity contribution < 1.29 is 0 Å². The van der Waals surface area contributed by atoms with Crippen LogP contribution in [0.5, 0.6) is 0 Å². The van der Waals surface area contributed by atoms with Crippen molar-refractivity contribution in [1.29, 1.82) is 5.26 Å². The second-order valence-electron chi connectivity index (χ2n) is 8.08. The van der Waals surface area contributed by atoms with Crippen LogP contribution < -0.4 is 15.4 Å². The maximum absolute atomic E-state index is 12.9. The van der Waals surface area contributed by atoms with Gasteiger partial charge >= 0.3 is 0 Å². The Labute approximate surface area is 189 Å². The highest BCUT2D eigenvalue weighted by molar-refractivity contribution is 6.30. The Bertz CT molecular complexity index is 1270. The van der Waals surface area contributed by atoms with Gasteiger partial charge in [0.1, 0.15) is 28.1 Å². The molecule has 2 saturated heterocycles. The number of nitriles is 1. The first-order chi connectivity index (χ1) is 15.0. The molecule has 0 bridgehead atoms. The van der Waals surface area contributed by atoms with E-state index in [2.05, 4.69) is 25.8 Å². The lowest BCUT2D eigenvalue weighted by Gasteiger charge is -2.39. The molecule has 0 radical (unpaired) electrons. The molecule has 2 fully saturated rings. The number of nitrogens with zero attached hydrogens (tertiary/aromatic N) is 6. The van der Waals surface area contributed by atoms with Crippen LogP contribution in [0.25, 0.3) is 11.0 Å². The number of piperidine rings is 1. The molecular formula is C22H20Cl2N6O. The summed E-state index contributed by atoms with van der Waals surface area (Å²) in [5.74, 6) is 1.34. The molecule has 2 aliphatic rings. The summed E-state index contributed by atoms with van der Waals surface area (Å²) in [5, 5.41) is 10.8. The summed E-state index contributed by atoms with van der Waals surface area (Å²) in [6, 6.07) is 9.77. The number of pyridine rings is 3. The molecule has 0 aliphatic carbocycles. The standard InChI is InChI=1S/C22H20Cl2N6O/c1-28-17-3-4-18(24)27-20(17)21(15(10-25)22(28)31)29-8-7-16-13(12-29)6-9-30(16)19-5-2-14(23)11-26-19/h2-5,11,13,16H,6-9,12H2,1H3/t13-,16+/m0/s1. The molecule has 158 valence electrons. The van der Waals surface area contributed by atoms with Gasteiger partial charge in [-0.25, -0.2) is 9.97 Å². The molecule has 0 spiro atoms. The molecule has 0 N–H and O–H groups in total. The van der Waals surface area contributed by atoms with Gasteiger partial charge in [-0.1, -0.05) is 23.2 Å². The molecule has 3 aromatic rings. The Morgan fingerprint density at radius 1 is 1.16 bits per heavy atom. The molecule has 5 heterocycles. The molecule has 0 unspecified atom stereocenters. The average molecular weight is 455 g/mol. The molecule has 9 heteroatoms. The van der Waals surface area contributed by atoms with Crippen molar-refractivity contribution in [3.8, 4) is 6.07 Å². The van der Waals surface area contributed by atoms with E-state index in [4.69, 9.17) is 23.2 Å². The molecule has 2 atom stereocenters. The molecule has 0 amide bonds. The average Bonchev–Trinajstić information content (AvgIpc) is 3.19. The van der Waals surface area contributed by atoms with E-state index < -0.39 is 0 Å². The maximum atomic E-state index is 12.9. The summed E-state index contributed by atoms with van der Waals surface area (Å²) in [4.78, 5) is 26.4. The third-order valence-corrected chi connectivity index (χ3v) is 6.88. The van der Waals surface area contributed by atoms with Gasteiger partial charge in [0.25, 0.3) is 5.56 Å². The third kappa shape index (κ3) is 3.31. The number of fused-ring (bicyclic) bond motifs is 2. The minimum atomic E-state index is -0.311. The topological polar surface area (TPSA) is 78.0 Å². The van der Waals surface area contributed by atoms with Crippen molar-refractivity contribution in [2.24, 2.45) is 13.0 Å². The van der Waals surface area contributed by atoms with Gasteiger partial charge in [-0.2, -0.15) is 5.26 Å². The molecule has 7 nitrogen and oxygen atoms in total. The Morgan fingerprint density at radius 3 is 2.74 bits per heavy atom. The molecule has 31 heavy (non-hydrogen) atoms. The van der Waals surface area contributed by atoms with E-state index in [0.717, 1.165) is 38.3 Å². The predicted octanol–water partition coefficient (Wildman–Crippen LogP) is 3.61. The summed E-state index contributed by atoms with van der Waals surface area (Å²) < 4.78 is 1.47. The van der Waals surface area contributed by atoms with Gasteiger partial charge in [0.05, 0.1) is 16.2 Å². The van der Waals surface area contributed by atoms with Gasteiger partial charge in [0.15, 0.2) is 0 Å². The molecule has 2 aliphatic heterocycles. The summed E-state index contributed by atoms with van der Waals surface area (Å²) in [5.41, 5.74) is 1.68. The van der Waals surface area contributed by atoms with E-state index in [-0.39, 0.29) is 11.1 Å². The third-order valence-electron chi connectivity index (χ3n) is 6.45. The second kappa shape index (κ2) is 7.70. The lowest BCUT2D eigenvalue weighted by Crippen LogP contribution is -2.47. The van der Waals surface area contributed by atoms with Gasteiger partial charge in [-0.05, 0) is 43.0 Å². The van der Waals surface area contributed by atoms with Crippen molar-refractivity contribution in [3.63, 3.8) is 0 Å². The highest BCUT2D eigenvalue weighted by Crippen LogP contribution is 2.38. The molecule has 0 aromatic carbocycles. The summed E-state index contributed by atoms with van der Waals surface area (Å²) in [6.07, 6.45) is 3.60. The van der Waals surface area contributed by atoms with E-state index in [9.17, 15) is 10.1 Å². The maximum Gasteiger partial charge on any atom is 0.270 e. The zero-order chi connectivity index (χ0) is 21.7. The van der Waals surface area contributed by atoms with Crippen molar-refractivity contribution in [2.75, 3.05) is 29.4 Å². The van der Waals surface area contributed by atoms with E-state index in [1.165, 1.54) is 4.57 Å². The zero-order valence-electron chi connectivity index (χ0n) is 16.9. The van der Waals surface area contributed by atoms with Crippen molar-refractivity contribution in [1.82, 2.24) is 14.5 Å². The fourth-order valence-corrected chi connectivity index (χ4v) is 5.25. The van der Waals surface area contributed by atoms with E-state index in [1.54, 1.807) is 25.4 Å². The molecule has 3 aromatic heterocycles. The minimum Gasteiger partial charge on any atom is -0.368 e. The van der Waals surface area contributed by atoms with Gasteiger partial charge in [-0.15, -0.1) is 0 Å². The van der Waals surface area contributed by atoms with Crippen LogP contribution in [-0.2, 0) is 7.05 Å². The smallest absolute Gasteiger partial charge is 0.270 e. The molecular weight excluding hydrogens is 435 g/mol. The summed E-state index contributed by atoms with van der Waals surface area (Å²) >= 11 is 12.2. The van der Waals surface area contributed by atoms with Crippen LogP contribution >= 0.6 is 23.2 Å². The first-order valence-corrected chi connectivity index (χ1v) is 11.0. The van der Waals surface area contributed by atoms with Crippen molar-refractivity contribution in [3.05, 3.63) is 56.6 Å². The second-order valence-corrected chi connectivity index (χ2v) is 8.90. The number of rotatable bonds is 2. The lowest BCUT2D eigenvalue weighted by atomic mass is 9.92. The van der Waals surface area contributed by atoms with Crippen molar-refractivity contribution in [2.45, 2.75) is 18.9 Å². The van der Waals surface area contributed by atoms with Crippen LogP contribution in [0.2, 0.25) is 10.2 Å². The number of hydrogen-bond donors (Lipinski definition) is 0. The normalized spacial score (nSPS) is 20.7. The first-order valence-electron chi connectivity index (χ1n) is 10.2. The Kier molecular flexibility index (Phi) is 4.99. The van der Waals surface area contributed by atoms with E-state index in [0.29, 0.717) is 38.9 Å². The Balaban J connectivity index is 1.52. The largest absolute Gasteiger partial charge is 0.368 e. The number of aromatic nitrogens is 3. The van der Waals surface area contributed by atoms with Crippen LogP contribution in [0.4, 0.5) is 11.5 Å². The van der Waals surface area contributed by atoms with Crippen LogP contribution in [-0.4, -0.2) is 40.2 Å². The SMILES string of the molecule is Cn1c(=O)c(C#N)c(N2CC[C@@H]3[C@@H](CCN3c3ccc(Cl)cn3)C2)c2nc(Cl)ccc21. The highest BCUT2D eigenvalue weighted by Gasteiger charge is 2.40. The molecule has 0 saturated carbocycles. The minimum absolute atomic E-state index is 0.123. The zero-order valence-corrected chi connectivity index (χ0v) is 18.4. The first kappa shape index (κ1) is 20.1. The van der Waals surface area contributed by atoms with Crippen LogP contribution in [0.3, 0.4) is 0 Å². The number of halogens is 2. The van der Waals surface area contributed by atoms with E-state index in [1.807, 2.05) is 12.1 Å². The van der Waals surface area contributed by atoms with Crippen LogP contribution in [0, 0.1) is 17.2 Å². The van der Waals surface area contributed by atoms with E-state index >= 15 is 0 Å². The predicted molar refractivity (Wildman–Crippen MR) is 122 cm³/mol. The quantitative estimate of drug-likeness (QED) is 0.550. The monoisotopic (exact) mass is 454 g/mol. The van der Waals surface area contributed by atoms with Crippen molar-refractivity contribution >= 4 is 45.7 Å². The summed E-state index contributed by atoms with van der Waals surface area (Å²) in [6.45, 7) is 2.39. The number of aryl methyl sites for hydroxylation is 1. The summed E-state index contributed by atoms with van der Waals surface area (Å²) in [7, 11) is 1.66. The van der Waals surface area contributed by atoms with Crippen LogP contribution in [0.1, 0.15) is 18.4 Å². The van der Waals surface area contributed by atoms with Crippen LogP contribution in [0.15, 0.2) is 35.3 Å². The number of hydrogen-bond acceptors (Lipinski definition) is 6. The Morgan fingerprint density at radius 2 is 2.00 bits per heavy atom. The lowest BCUT2D eigenvalue weighted by molar-refractivity contribution is 0.395. The Hall–Kier alpha value is -2.82. The number of anilines is 2. The van der Waals surface area contributed by atoms with Gasteiger partial charge in [0, 0.05) is 38.9 Å². The molecule has 5 rings (SSSR count). The van der Waals surface area contributed by atoms with Gasteiger partial charge in [0.2, 0.25) is 0 Å². The van der Waals surface area contributed by atoms with Gasteiger partial charge in [-0.3, -0.25) is 4.79 Å². The fraction of sp³-hybridized carbons (Fsp3) is 0.364. The fourth-order valence-electron chi connectivity index (χ4n) is 4.99.